The minimum atomic E-state index is -0.609. The summed E-state index contributed by atoms with van der Waals surface area (Å²) in [5, 5.41) is 0. The topological polar surface area (TPSA) is 43.4 Å². The molecular formula is C11H7BrO3. The SMILES string of the molecule is Cc1ccc(C2=CC(=O)OC2=O)c(Br)c1. The number of benzene rings is 1. The zero-order chi connectivity index (χ0) is 11.0. The summed E-state index contributed by atoms with van der Waals surface area (Å²) in [5.41, 5.74) is 2.05. The summed E-state index contributed by atoms with van der Waals surface area (Å²) in [4.78, 5) is 22.2. The van der Waals surface area contributed by atoms with Gasteiger partial charge in [-0.1, -0.05) is 28.1 Å². The van der Waals surface area contributed by atoms with Crippen LogP contribution in [-0.4, -0.2) is 11.9 Å². The number of cyclic esters (lactones) is 2. The Kier molecular flexibility index (Phi) is 2.44. The van der Waals surface area contributed by atoms with Gasteiger partial charge in [-0.3, -0.25) is 0 Å². The van der Waals surface area contributed by atoms with Gasteiger partial charge in [0.1, 0.15) is 0 Å². The molecule has 0 aromatic heterocycles. The molecule has 0 amide bonds. The first kappa shape index (κ1) is 10.1. The molecule has 4 heteroatoms. The van der Waals surface area contributed by atoms with Crippen LogP contribution in [0.3, 0.4) is 0 Å². The number of halogens is 1. The first-order chi connectivity index (χ1) is 7.08. The molecule has 0 fully saturated rings. The predicted octanol–water partition coefficient (Wildman–Crippen LogP) is 2.22. The van der Waals surface area contributed by atoms with Crippen molar-refractivity contribution in [1.82, 2.24) is 0 Å². The van der Waals surface area contributed by atoms with Gasteiger partial charge in [-0.2, -0.15) is 0 Å². The zero-order valence-corrected chi connectivity index (χ0v) is 9.50. The first-order valence-corrected chi connectivity index (χ1v) is 5.11. The van der Waals surface area contributed by atoms with Crippen molar-refractivity contribution in [3.05, 3.63) is 39.9 Å². The molecule has 0 aliphatic carbocycles. The number of aryl methyl sites for hydroxylation is 1. The predicted molar refractivity (Wildman–Crippen MR) is 58.0 cm³/mol. The number of hydrogen-bond acceptors (Lipinski definition) is 3. The molecule has 0 spiro atoms. The van der Waals surface area contributed by atoms with E-state index in [1.54, 1.807) is 6.07 Å². The van der Waals surface area contributed by atoms with Crippen LogP contribution >= 0.6 is 15.9 Å². The normalized spacial score (nSPS) is 15.2. The minimum Gasteiger partial charge on any atom is -0.386 e. The van der Waals surface area contributed by atoms with Gasteiger partial charge in [0.05, 0.1) is 5.57 Å². The molecule has 1 aromatic carbocycles. The molecule has 15 heavy (non-hydrogen) atoms. The highest BCUT2D eigenvalue weighted by Crippen LogP contribution is 2.28. The van der Waals surface area contributed by atoms with Crippen molar-refractivity contribution in [2.45, 2.75) is 6.92 Å². The van der Waals surface area contributed by atoms with E-state index in [0.29, 0.717) is 11.1 Å². The van der Waals surface area contributed by atoms with Gasteiger partial charge in [0.2, 0.25) is 0 Å². The molecule has 1 aliphatic rings. The highest BCUT2D eigenvalue weighted by atomic mass is 79.9. The molecule has 0 atom stereocenters. The number of carbonyl (C=O) groups excluding carboxylic acids is 2. The third-order valence-corrected chi connectivity index (χ3v) is 2.75. The van der Waals surface area contributed by atoms with Crippen molar-refractivity contribution in [1.29, 1.82) is 0 Å². The fourth-order valence-corrected chi connectivity index (χ4v) is 2.09. The molecule has 2 rings (SSSR count). The molecule has 1 heterocycles. The van der Waals surface area contributed by atoms with Crippen LogP contribution in [0.5, 0.6) is 0 Å². The molecular weight excluding hydrogens is 260 g/mol. The van der Waals surface area contributed by atoms with E-state index in [2.05, 4.69) is 20.7 Å². The average molecular weight is 267 g/mol. The van der Waals surface area contributed by atoms with Gasteiger partial charge < -0.3 is 4.74 Å². The lowest BCUT2D eigenvalue weighted by molar-refractivity contribution is -0.149. The van der Waals surface area contributed by atoms with Gasteiger partial charge in [-0.25, -0.2) is 9.59 Å². The number of carbonyl (C=O) groups is 2. The Balaban J connectivity index is 2.51. The van der Waals surface area contributed by atoms with Gasteiger partial charge in [-0.15, -0.1) is 0 Å². The Bertz CT molecular complexity index is 489. The molecule has 0 bridgehead atoms. The van der Waals surface area contributed by atoms with E-state index >= 15 is 0 Å². The molecule has 1 aliphatic heterocycles. The van der Waals surface area contributed by atoms with Gasteiger partial charge >= 0.3 is 11.9 Å². The molecule has 0 saturated heterocycles. The molecule has 76 valence electrons. The Labute approximate surface area is 94.9 Å². The molecule has 1 aromatic rings. The van der Waals surface area contributed by atoms with E-state index in [-0.39, 0.29) is 0 Å². The summed E-state index contributed by atoms with van der Waals surface area (Å²) in [7, 11) is 0. The lowest BCUT2D eigenvalue weighted by Gasteiger charge is -2.03. The number of hydrogen-bond donors (Lipinski definition) is 0. The Morgan fingerprint density at radius 3 is 2.53 bits per heavy atom. The summed E-state index contributed by atoms with van der Waals surface area (Å²) in [6.07, 6.45) is 1.21. The van der Waals surface area contributed by atoms with Crippen molar-refractivity contribution < 1.29 is 14.3 Å². The maximum absolute atomic E-state index is 11.3. The lowest BCUT2D eigenvalue weighted by Crippen LogP contribution is -2.01. The number of rotatable bonds is 1. The second-order valence-electron chi connectivity index (χ2n) is 3.25. The molecule has 0 saturated carbocycles. The van der Waals surface area contributed by atoms with Gasteiger partial charge in [0.25, 0.3) is 0 Å². The monoisotopic (exact) mass is 266 g/mol. The van der Waals surface area contributed by atoms with E-state index in [9.17, 15) is 9.59 Å². The largest absolute Gasteiger partial charge is 0.386 e. The van der Waals surface area contributed by atoms with Crippen LogP contribution in [0.15, 0.2) is 28.7 Å². The van der Waals surface area contributed by atoms with Crippen molar-refractivity contribution >= 4 is 33.4 Å². The average Bonchev–Trinajstić information content (AvgIpc) is 2.45. The Hall–Kier alpha value is -1.42. The molecule has 0 N–H and O–H groups in total. The van der Waals surface area contributed by atoms with Crippen LogP contribution in [0.1, 0.15) is 11.1 Å². The van der Waals surface area contributed by atoms with Gasteiger partial charge in [-0.05, 0) is 18.6 Å². The molecule has 3 nitrogen and oxygen atoms in total. The van der Waals surface area contributed by atoms with Crippen molar-refractivity contribution in [2.75, 3.05) is 0 Å². The lowest BCUT2D eigenvalue weighted by atomic mass is 10.1. The number of esters is 2. The van der Waals surface area contributed by atoms with E-state index in [1.807, 2.05) is 19.1 Å². The maximum Gasteiger partial charge on any atom is 0.346 e. The fourth-order valence-electron chi connectivity index (χ4n) is 1.38. The van der Waals surface area contributed by atoms with Crippen LogP contribution < -0.4 is 0 Å². The van der Waals surface area contributed by atoms with Crippen LogP contribution in [-0.2, 0) is 14.3 Å². The smallest absolute Gasteiger partial charge is 0.346 e. The Morgan fingerprint density at radius 2 is 2.00 bits per heavy atom. The van der Waals surface area contributed by atoms with Crippen LogP contribution in [0, 0.1) is 6.92 Å². The highest BCUT2D eigenvalue weighted by molar-refractivity contribution is 9.10. The maximum atomic E-state index is 11.3. The Morgan fingerprint density at radius 1 is 1.27 bits per heavy atom. The summed E-state index contributed by atoms with van der Waals surface area (Å²) in [6.45, 7) is 1.95. The molecule has 0 unspecified atom stereocenters. The van der Waals surface area contributed by atoms with Crippen LogP contribution in [0.2, 0.25) is 0 Å². The summed E-state index contributed by atoms with van der Waals surface area (Å²) in [6, 6.07) is 5.54. The van der Waals surface area contributed by atoms with Gasteiger partial charge in [0, 0.05) is 16.1 Å². The first-order valence-electron chi connectivity index (χ1n) is 4.32. The highest BCUT2D eigenvalue weighted by Gasteiger charge is 2.26. The third kappa shape index (κ3) is 1.85. The van der Waals surface area contributed by atoms with Gasteiger partial charge in [0.15, 0.2) is 0 Å². The number of ether oxygens (including phenoxy) is 1. The second-order valence-corrected chi connectivity index (χ2v) is 4.10. The second kappa shape index (κ2) is 3.62. The van der Waals surface area contributed by atoms with Crippen LogP contribution in [0.4, 0.5) is 0 Å². The van der Waals surface area contributed by atoms with E-state index < -0.39 is 11.9 Å². The quantitative estimate of drug-likeness (QED) is 0.578. The fraction of sp³-hybridized carbons (Fsp3) is 0.0909. The summed E-state index contributed by atoms with van der Waals surface area (Å²) < 4.78 is 5.20. The van der Waals surface area contributed by atoms with Crippen LogP contribution in [0.25, 0.3) is 5.57 Å². The minimum absolute atomic E-state index is 0.298. The van der Waals surface area contributed by atoms with Crippen molar-refractivity contribution in [3.8, 4) is 0 Å². The van der Waals surface area contributed by atoms with E-state index in [4.69, 9.17) is 0 Å². The third-order valence-electron chi connectivity index (χ3n) is 2.09. The van der Waals surface area contributed by atoms with E-state index in [0.717, 1.165) is 10.0 Å². The standard InChI is InChI=1S/C11H7BrO3/c1-6-2-3-7(9(12)4-6)8-5-10(13)15-11(8)14/h2-5H,1H3. The van der Waals surface area contributed by atoms with Crippen molar-refractivity contribution in [3.63, 3.8) is 0 Å². The zero-order valence-electron chi connectivity index (χ0n) is 7.91. The van der Waals surface area contributed by atoms with Crippen molar-refractivity contribution in [2.24, 2.45) is 0 Å². The summed E-state index contributed by atoms with van der Waals surface area (Å²) >= 11 is 3.34. The van der Waals surface area contributed by atoms with E-state index in [1.165, 1.54) is 6.08 Å². The summed E-state index contributed by atoms with van der Waals surface area (Å²) in [5.74, 6) is -1.20. The molecule has 0 radical (unpaired) electrons.